The summed E-state index contributed by atoms with van der Waals surface area (Å²) in [7, 11) is 0. The number of carbonyl (C=O) groups is 1. The highest BCUT2D eigenvalue weighted by atomic mass is 16.2. The Balaban J connectivity index is 1.66. The quantitative estimate of drug-likeness (QED) is 0.0518. The molecule has 0 N–H and O–H groups in total. The molecule has 2 aromatic heterocycles. The molecule has 0 bridgehead atoms. The van der Waals surface area contributed by atoms with Gasteiger partial charge in [-0.05, 0) is 30.9 Å². The van der Waals surface area contributed by atoms with Crippen molar-refractivity contribution in [3.05, 3.63) is 49.1 Å². The number of aryl methyl sites for hydroxylation is 2. The first-order valence-corrected chi connectivity index (χ1v) is 22.4. The lowest BCUT2D eigenvalue weighted by Gasteiger charge is -2.22. The van der Waals surface area contributed by atoms with E-state index in [0.717, 1.165) is 39.0 Å². The molecule has 0 unspecified atom stereocenters. The van der Waals surface area contributed by atoms with Gasteiger partial charge in [0.15, 0.2) is 31.3 Å². The number of hydrogen-bond acceptors (Lipinski definition) is 1. The van der Waals surface area contributed by atoms with Gasteiger partial charge in [0.05, 0.1) is 6.42 Å². The number of nitrogens with zero attached hydrogens (tertiary/aromatic N) is 3. The fourth-order valence-corrected chi connectivity index (χ4v) is 7.40. The Hall–Kier alpha value is -2.23. The molecule has 1 amide bonds. The van der Waals surface area contributed by atoms with Gasteiger partial charge in [-0.2, -0.15) is 0 Å². The van der Waals surface area contributed by atoms with Crippen LogP contribution in [0.2, 0.25) is 0 Å². The summed E-state index contributed by atoms with van der Waals surface area (Å²) in [6.07, 6.45) is 47.6. The van der Waals surface area contributed by atoms with Gasteiger partial charge in [0.1, 0.15) is 6.54 Å². The molecule has 0 aromatic carbocycles. The molecule has 0 atom stereocenters. The molecule has 290 valence electrons. The van der Waals surface area contributed by atoms with E-state index in [-0.39, 0.29) is 0 Å². The first kappa shape index (κ1) is 44.9. The second kappa shape index (κ2) is 32.4. The third kappa shape index (κ3) is 23.9. The number of aromatic nitrogens is 2. The summed E-state index contributed by atoms with van der Waals surface area (Å²) in [5.41, 5.74) is 2.45. The molecule has 2 heterocycles. The van der Waals surface area contributed by atoms with Crippen molar-refractivity contribution in [3.8, 4) is 11.1 Å². The Morgan fingerprint density at radius 2 is 0.725 bits per heavy atom. The first-order valence-electron chi connectivity index (χ1n) is 22.4. The molecule has 0 aliphatic rings. The lowest BCUT2D eigenvalue weighted by atomic mass is 10.0. The smallest absolute Gasteiger partial charge is 0.228 e. The first-order chi connectivity index (χ1) is 25.2. The predicted octanol–water partition coefficient (Wildman–Crippen LogP) is 13.1. The van der Waals surface area contributed by atoms with E-state index in [4.69, 9.17) is 0 Å². The van der Waals surface area contributed by atoms with E-state index in [1.165, 1.54) is 178 Å². The van der Waals surface area contributed by atoms with Crippen LogP contribution in [0.15, 0.2) is 49.1 Å². The minimum Gasteiger partial charge on any atom is -0.342 e. The van der Waals surface area contributed by atoms with Gasteiger partial charge in [-0.15, -0.1) is 0 Å². The molecule has 51 heavy (non-hydrogen) atoms. The number of pyridine rings is 2. The molecule has 0 aliphatic carbocycles. The molecule has 0 radical (unpaired) electrons. The van der Waals surface area contributed by atoms with Crippen molar-refractivity contribution in [2.45, 2.75) is 220 Å². The van der Waals surface area contributed by atoms with Crippen LogP contribution in [0.5, 0.6) is 0 Å². The largest absolute Gasteiger partial charge is 0.342 e. The normalized spacial score (nSPS) is 11.4. The van der Waals surface area contributed by atoms with Crippen molar-refractivity contribution in [2.75, 3.05) is 13.1 Å². The number of carbonyl (C=O) groups excluding carboxylic acids is 1. The van der Waals surface area contributed by atoms with Crippen LogP contribution < -0.4 is 9.13 Å². The number of rotatable bonds is 35. The number of hydrogen-bond donors (Lipinski definition) is 0. The maximum atomic E-state index is 13.5. The average molecular weight is 706 g/mol. The maximum Gasteiger partial charge on any atom is 0.228 e. The van der Waals surface area contributed by atoms with Gasteiger partial charge < -0.3 is 4.90 Å². The zero-order chi connectivity index (χ0) is 36.5. The summed E-state index contributed by atoms with van der Waals surface area (Å²) >= 11 is 0. The van der Waals surface area contributed by atoms with Gasteiger partial charge in [0.25, 0.3) is 0 Å². The van der Waals surface area contributed by atoms with Gasteiger partial charge in [0, 0.05) is 37.4 Å². The standard InChI is InChI=1S/C47H83N3O/c1-4-7-9-11-13-15-17-19-21-23-25-27-29-31-38-50(39-32-30-28-26-24-22-20-18-16-14-12-10-8-5-2)47(51)37-44-49-42-35-46(36-43-49)45-33-40-48(6-3)41-34-45/h33-36,40-43H,4-32,37-39,44H2,1-3H3/q+2. The molecular formula is C47H83N3O+2. The summed E-state index contributed by atoms with van der Waals surface area (Å²) in [5, 5.41) is 0. The Kier molecular flexibility index (Phi) is 28.6. The maximum absolute atomic E-state index is 13.5. The molecule has 4 heteroatoms. The van der Waals surface area contributed by atoms with E-state index >= 15 is 0 Å². The summed E-state index contributed by atoms with van der Waals surface area (Å²) in [6, 6.07) is 8.71. The lowest BCUT2D eigenvalue weighted by Crippen LogP contribution is -2.39. The van der Waals surface area contributed by atoms with Crippen LogP contribution in [0.25, 0.3) is 11.1 Å². The van der Waals surface area contributed by atoms with Crippen LogP contribution in [0.3, 0.4) is 0 Å². The predicted molar refractivity (Wildman–Crippen MR) is 220 cm³/mol. The van der Waals surface area contributed by atoms with E-state index < -0.39 is 0 Å². The van der Waals surface area contributed by atoms with Gasteiger partial charge in [-0.3, -0.25) is 4.79 Å². The van der Waals surface area contributed by atoms with E-state index in [9.17, 15) is 4.79 Å². The van der Waals surface area contributed by atoms with E-state index in [1.807, 2.05) is 0 Å². The van der Waals surface area contributed by atoms with Gasteiger partial charge >= 0.3 is 0 Å². The van der Waals surface area contributed by atoms with E-state index in [0.29, 0.717) is 12.3 Å². The Labute approximate surface area is 317 Å². The van der Waals surface area contributed by atoms with Crippen LogP contribution in [0.1, 0.15) is 207 Å². The Morgan fingerprint density at radius 1 is 0.431 bits per heavy atom. The molecule has 0 saturated heterocycles. The van der Waals surface area contributed by atoms with Gasteiger partial charge in [0.2, 0.25) is 5.91 Å². The summed E-state index contributed by atoms with van der Waals surface area (Å²) in [5.74, 6) is 0.336. The highest BCUT2D eigenvalue weighted by Gasteiger charge is 2.15. The zero-order valence-corrected chi connectivity index (χ0v) is 34.2. The lowest BCUT2D eigenvalue weighted by molar-refractivity contribution is -0.695. The molecule has 0 aliphatic heterocycles. The second-order valence-corrected chi connectivity index (χ2v) is 15.6. The van der Waals surface area contributed by atoms with E-state index in [1.54, 1.807) is 0 Å². The molecule has 2 aromatic rings. The summed E-state index contributed by atoms with van der Waals surface area (Å²) < 4.78 is 4.36. The van der Waals surface area contributed by atoms with Crippen LogP contribution in [0, 0.1) is 0 Å². The molecule has 0 spiro atoms. The summed E-state index contributed by atoms with van der Waals surface area (Å²) in [6.45, 7) is 10.4. The van der Waals surface area contributed by atoms with Crippen molar-refractivity contribution in [2.24, 2.45) is 0 Å². The highest BCUT2D eigenvalue weighted by molar-refractivity contribution is 5.75. The van der Waals surface area contributed by atoms with Crippen molar-refractivity contribution >= 4 is 5.91 Å². The van der Waals surface area contributed by atoms with Crippen LogP contribution in [0.4, 0.5) is 0 Å². The fraction of sp³-hybridized carbons (Fsp3) is 0.766. The van der Waals surface area contributed by atoms with Gasteiger partial charge in [-0.25, -0.2) is 9.13 Å². The Morgan fingerprint density at radius 3 is 1.04 bits per heavy atom. The number of amides is 1. The number of unbranched alkanes of at least 4 members (excludes halogenated alkanes) is 26. The molecular weight excluding hydrogens is 623 g/mol. The fourth-order valence-electron chi connectivity index (χ4n) is 7.40. The monoisotopic (exact) mass is 706 g/mol. The molecule has 0 saturated carbocycles. The van der Waals surface area contributed by atoms with Crippen LogP contribution in [-0.2, 0) is 17.9 Å². The SMILES string of the molecule is CCCCCCCCCCCCCCCCN(CCCCCCCCCCCCCCCC)C(=O)CC[n+]1ccc(-c2cc[n+](CC)cc2)cc1. The van der Waals surface area contributed by atoms with E-state index in [2.05, 4.69) is 83.9 Å². The van der Waals surface area contributed by atoms with Crippen molar-refractivity contribution < 1.29 is 13.9 Å². The van der Waals surface area contributed by atoms with Crippen molar-refractivity contribution in [3.63, 3.8) is 0 Å². The summed E-state index contributed by atoms with van der Waals surface area (Å²) in [4.78, 5) is 15.7. The van der Waals surface area contributed by atoms with Gasteiger partial charge in [-0.1, -0.05) is 181 Å². The Bertz CT molecular complexity index is 1020. The average Bonchev–Trinajstić information content (AvgIpc) is 3.16. The second-order valence-electron chi connectivity index (χ2n) is 15.6. The third-order valence-corrected chi connectivity index (χ3v) is 11.0. The minimum absolute atomic E-state index is 0.336. The highest BCUT2D eigenvalue weighted by Crippen LogP contribution is 2.17. The van der Waals surface area contributed by atoms with Crippen LogP contribution >= 0.6 is 0 Å². The van der Waals surface area contributed by atoms with Crippen LogP contribution in [-0.4, -0.2) is 23.9 Å². The van der Waals surface area contributed by atoms with Crippen molar-refractivity contribution in [1.29, 1.82) is 0 Å². The minimum atomic E-state index is 0.336. The molecule has 2 rings (SSSR count). The third-order valence-electron chi connectivity index (χ3n) is 11.0. The topological polar surface area (TPSA) is 28.1 Å². The zero-order valence-electron chi connectivity index (χ0n) is 34.2. The molecule has 4 nitrogen and oxygen atoms in total. The van der Waals surface area contributed by atoms with Crippen molar-refractivity contribution in [1.82, 2.24) is 4.90 Å². The molecule has 0 fully saturated rings.